The molecule has 0 aliphatic heterocycles. The van der Waals surface area contributed by atoms with Gasteiger partial charge in [0.05, 0.1) is 17.6 Å². The molecule has 2 aromatic rings. The predicted octanol–water partition coefficient (Wildman–Crippen LogP) is 1.54. The van der Waals surface area contributed by atoms with Crippen molar-refractivity contribution in [3.8, 4) is 0 Å². The van der Waals surface area contributed by atoms with E-state index in [1.807, 2.05) is 0 Å². The van der Waals surface area contributed by atoms with Gasteiger partial charge in [0.1, 0.15) is 0 Å². The van der Waals surface area contributed by atoms with Crippen molar-refractivity contribution < 1.29 is 12.6 Å². The second kappa shape index (κ2) is 5.24. The molecule has 0 bridgehead atoms. The van der Waals surface area contributed by atoms with Crippen LogP contribution in [0.15, 0.2) is 48.8 Å². The number of hydrogen-bond donors (Lipinski definition) is 0. The van der Waals surface area contributed by atoms with Crippen LogP contribution in [0.25, 0.3) is 0 Å². The minimum atomic E-state index is -3.60. The molecule has 0 amide bonds. The van der Waals surface area contributed by atoms with Gasteiger partial charge in [-0.3, -0.25) is 14.2 Å². The smallest absolute Gasteiger partial charge is 0.258 e. The van der Waals surface area contributed by atoms with Gasteiger partial charge < -0.3 is 0 Å². The molecule has 0 radical (unpaired) electrons. The Bertz CT molecular complexity index is 560. The lowest BCUT2D eigenvalue weighted by molar-refractivity contribution is 0.246. The molecule has 2 heterocycles. The summed E-state index contributed by atoms with van der Waals surface area (Å²) in [6, 6.07) is 10.4. The largest absolute Gasteiger partial charge is 0.265 e. The fourth-order valence-corrected chi connectivity index (χ4v) is 2.03. The third kappa shape index (κ3) is 3.35. The summed E-state index contributed by atoms with van der Waals surface area (Å²) in [5, 5.41) is 0. The molecule has 6 heteroatoms. The molecule has 0 fully saturated rings. The average Bonchev–Trinajstić information content (AvgIpc) is 2.37. The van der Waals surface area contributed by atoms with Crippen molar-refractivity contribution in [1.82, 2.24) is 9.97 Å². The first kappa shape index (κ1) is 12.7. The molecular formula is C12H12N2O3S. The quantitative estimate of drug-likeness (QED) is 0.783. The number of pyridine rings is 2. The van der Waals surface area contributed by atoms with Gasteiger partial charge in [0, 0.05) is 12.4 Å². The maximum absolute atomic E-state index is 11.3. The van der Waals surface area contributed by atoms with Gasteiger partial charge in [0.25, 0.3) is 10.1 Å². The lowest BCUT2D eigenvalue weighted by Gasteiger charge is -2.14. The maximum atomic E-state index is 11.3. The first-order chi connectivity index (χ1) is 8.56. The van der Waals surface area contributed by atoms with E-state index in [9.17, 15) is 8.42 Å². The Hall–Kier alpha value is -1.79. The zero-order valence-electron chi connectivity index (χ0n) is 9.72. The summed E-state index contributed by atoms with van der Waals surface area (Å²) in [6.07, 6.45) is 3.35. The summed E-state index contributed by atoms with van der Waals surface area (Å²) >= 11 is 0. The Labute approximate surface area is 106 Å². The highest BCUT2D eigenvalue weighted by Crippen LogP contribution is 2.23. The fourth-order valence-electron chi connectivity index (χ4n) is 1.49. The predicted molar refractivity (Wildman–Crippen MR) is 66.2 cm³/mol. The molecule has 0 spiro atoms. The van der Waals surface area contributed by atoms with E-state index in [1.54, 1.807) is 48.8 Å². The number of rotatable bonds is 4. The zero-order chi connectivity index (χ0) is 13.0. The molecule has 0 N–H and O–H groups in total. The molecule has 94 valence electrons. The second-order valence-electron chi connectivity index (χ2n) is 3.69. The van der Waals surface area contributed by atoms with Crippen LogP contribution >= 0.6 is 0 Å². The highest BCUT2D eigenvalue weighted by atomic mass is 32.2. The van der Waals surface area contributed by atoms with Gasteiger partial charge in [-0.1, -0.05) is 12.1 Å². The zero-order valence-corrected chi connectivity index (χ0v) is 10.5. The van der Waals surface area contributed by atoms with Crippen molar-refractivity contribution in [3.63, 3.8) is 0 Å². The topological polar surface area (TPSA) is 69.2 Å². The summed E-state index contributed by atoms with van der Waals surface area (Å²) < 4.78 is 27.7. The number of hydrogen-bond acceptors (Lipinski definition) is 5. The van der Waals surface area contributed by atoms with Crippen LogP contribution in [0.1, 0.15) is 17.5 Å². The van der Waals surface area contributed by atoms with Gasteiger partial charge in [0.15, 0.2) is 6.10 Å². The summed E-state index contributed by atoms with van der Waals surface area (Å²) in [7, 11) is -3.60. The van der Waals surface area contributed by atoms with Crippen molar-refractivity contribution in [2.45, 2.75) is 6.10 Å². The van der Waals surface area contributed by atoms with E-state index in [4.69, 9.17) is 4.18 Å². The molecule has 0 unspecified atom stereocenters. The normalized spacial score (nSPS) is 11.7. The van der Waals surface area contributed by atoms with E-state index >= 15 is 0 Å². The van der Waals surface area contributed by atoms with Crippen molar-refractivity contribution in [2.24, 2.45) is 0 Å². The minimum Gasteiger partial charge on any atom is -0.258 e. The molecule has 2 rings (SSSR count). The first-order valence-electron chi connectivity index (χ1n) is 5.26. The van der Waals surface area contributed by atoms with Crippen molar-refractivity contribution in [3.05, 3.63) is 60.2 Å². The molecule has 5 nitrogen and oxygen atoms in total. The van der Waals surface area contributed by atoms with Gasteiger partial charge in [-0.15, -0.1) is 0 Å². The molecule has 0 aromatic carbocycles. The Kier molecular flexibility index (Phi) is 3.69. The van der Waals surface area contributed by atoms with Crippen LogP contribution in [0, 0.1) is 0 Å². The standard InChI is InChI=1S/C12H12N2O3S/c1-18(15,16)17-12(10-6-2-4-8-13-10)11-7-3-5-9-14-11/h2-9,12H,1H3. The molecular weight excluding hydrogens is 252 g/mol. The Morgan fingerprint density at radius 2 is 1.50 bits per heavy atom. The van der Waals surface area contributed by atoms with E-state index in [0.29, 0.717) is 11.4 Å². The summed E-state index contributed by atoms with van der Waals surface area (Å²) in [6.45, 7) is 0. The molecule has 0 saturated heterocycles. The molecule has 0 aliphatic carbocycles. The van der Waals surface area contributed by atoms with Crippen LogP contribution < -0.4 is 0 Å². The third-order valence-corrected chi connectivity index (χ3v) is 2.73. The first-order valence-corrected chi connectivity index (χ1v) is 7.08. The van der Waals surface area contributed by atoms with Crippen LogP contribution in [-0.2, 0) is 14.3 Å². The van der Waals surface area contributed by atoms with Gasteiger partial charge >= 0.3 is 0 Å². The Morgan fingerprint density at radius 3 is 1.83 bits per heavy atom. The minimum absolute atomic E-state index is 0.502. The van der Waals surface area contributed by atoms with Crippen molar-refractivity contribution in [2.75, 3.05) is 6.26 Å². The third-order valence-electron chi connectivity index (χ3n) is 2.18. The highest BCUT2D eigenvalue weighted by molar-refractivity contribution is 7.86. The highest BCUT2D eigenvalue weighted by Gasteiger charge is 2.22. The van der Waals surface area contributed by atoms with Gasteiger partial charge in [-0.25, -0.2) is 0 Å². The summed E-state index contributed by atoms with van der Waals surface area (Å²) in [4.78, 5) is 8.22. The van der Waals surface area contributed by atoms with E-state index in [1.165, 1.54) is 0 Å². The van der Waals surface area contributed by atoms with Crippen molar-refractivity contribution >= 4 is 10.1 Å². The lowest BCUT2D eigenvalue weighted by atomic mass is 10.1. The fraction of sp³-hybridized carbons (Fsp3) is 0.167. The van der Waals surface area contributed by atoms with Crippen LogP contribution in [0.5, 0.6) is 0 Å². The number of nitrogens with zero attached hydrogens (tertiary/aromatic N) is 2. The van der Waals surface area contributed by atoms with E-state index in [-0.39, 0.29) is 0 Å². The molecule has 2 aromatic heterocycles. The summed E-state index contributed by atoms with van der Waals surface area (Å²) in [5.41, 5.74) is 1.00. The van der Waals surface area contributed by atoms with Gasteiger partial charge in [-0.2, -0.15) is 8.42 Å². The van der Waals surface area contributed by atoms with Crippen LogP contribution in [0.3, 0.4) is 0 Å². The van der Waals surface area contributed by atoms with Crippen molar-refractivity contribution in [1.29, 1.82) is 0 Å². The lowest BCUT2D eigenvalue weighted by Crippen LogP contribution is -2.14. The van der Waals surface area contributed by atoms with Crippen LogP contribution in [-0.4, -0.2) is 24.6 Å². The molecule has 0 saturated carbocycles. The van der Waals surface area contributed by atoms with Gasteiger partial charge in [-0.05, 0) is 24.3 Å². The molecule has 0 aliphatic rings. The van der Waals surface area contributed by atoms with Gasteiger partial charge in [0.2, 0.25) is 0 Å². The van der Waals surface area contributed by atoms with Crippen LogP contribution in [0.2, 0.25) is 0 Å². The van der Waals surface area contributed by atoms with E-state index < -0.39 is 16.2 Å². The maximum Gasteiger partial charge on any atom is 0.265 e. The average molecular weight is 264 g/mol. The Morgan fingerprint density at radius 1 is 1.00 bits per heavy atom. The second-order valence-corrected chi connectivity index (χ2v) is 5.29. The monoisotopic (exact) mass is 264 g/mol. The molecule has 18 heavy (non-hydrogen) atoms. The number of aromatic nitrogens is 2. The van der Waals surface area contributed by atoms with Crippen LogP contribution in [0.4, 0.5) is 0 Å². The molecule has 0 atom stereocenters. The van der Waals surface area contributed by atoms with E-state index in [2.05, 4.69) is 9.97 Å². The Balaban J connectivity index is 2.42. The SMILES string of the molecule is CS(=O)(=O)OC(c1ccccn1)c1ccccn1. The van der Waals surface area contributed by atoms with E-state index in [0.717, 1.165) is 6.26 Å². The summed E-state index contributed by atoms with van der Waals surface area (Å²) in [5.74, 6) is 0.